The van der Waals surface area contributed by atoms with Crippen molar-refractivity contribution in [3.8, 4) is 5.75 Å². The lowest BCUT2D eigenvalue weighted by molar-refractivity contribution is -0.114. The van der Waals surface area contributed by atoms with Crippen molar-refractivity contribution in [3.05, 3.63) is 66.7 Å². The molecule has 28 heavy (non-hydrogen) atoms. The summed E-state index contributed by atoms with van der Waals surface area (Å²) in [4.78, 5) is 24.6. The third kappa shape index (κ3) is 6.79. The maximum absolute atomic E-state index is 12.3. The molecule has 2 rings (SSSR count). The van der Waals surface area contributed by atoms with E-state index in [0.717, 1.165) is 0 Å². The number of carbonyl (C=O) groups excluding carboxylic acids is 2. The van der Waals surface area contributed by atoms with Gasteiger partial charge in [0.05, 0.1) is 12.2 Å². The predicted molar refractivity (Wildman–Crippen MR) is 113 cm³/mol. The fourth-order valence-corrected chi connectivity index (χ4v) is 2.40. The molecule has 0 radical (unpaired) electrons. The van der Waals surface area contributed by atoms with Crippen molar-refractivity contribution in [3.63, 3.8) is 0 Å². The number of para-hydroxylation sites is 2. The van der Waals surface area contributed by atoms with Crippen LogP contribution in [0.15, 0.2) is 61.2 Å². The molecule has 0 aromatic heterocycles. The number of hydrogen-bond acceptors (Lipinski definition) is 4. The molecule has 148 valence electrons. The predicted octanol–water partition coefficient (Wildman–Crippen LogP) is 3.83. The Balaban J connectivity index is 1.96. The van der Waals surface area contributed by atoms with Crippen LogP contribution in [0.2, 0.25) is 0 Å². The fraction of sp³-hybridized carbons (Fsp3) is 0.273. The maximum Gasteiger partial charge on any atom is 0.251 e. The van der Waals surface area contributed by atoms with E-state index >= 15 is 0 Å². The summed E-state index contributed by atoms with van der Waals surface area (Å²) in [5.74, 6) is 0.199. The number of amides is 2. The second kappa shape index (κ2) is 9.60. The van der Waals surface area contributed by atoms with Crippen LogP contribution in [0.1, 0.15) is 31.1 Å². The van der Waals surface area contributed by atoms with Crippen molar-refractivity contribution in [2.45, 2.75) is 26.3 Å². The van der Waals surface area contributed by atoms with E-state index in [1.807, 2.05) is 39.0 Å². The molecular weight excluding hydrogens is 354 g/mol. The molecule has 0 aliphatic carbocycles. The van der Waals surface area contributed by atoms with Crippen molar-refractivity contribution in [1.29, 1.82) is 0 Å². The third-order valence-electron chi connectivity index (χ3n) is 3.58. The van der Waals surface area contributed by atoms with Gasteiger partial charge in [-0.2, -0.15) is 0 Å². The largest absolute Gasteiger partial charge is 0.487 e. The highest BCUT2D eigenvalue weighted by atomic mass is 16.5. The molecule has 0 heterocycles. The molecule has 0 unspecified atom stereocenters. The molecule has 2 aromatic carbocycles. The average Bonchev–Trinajstić information content (AvgIpc) is 2.64. The number of rotatable bonds is 8. The normalized spacial score (nSPS) is 10.7. The van der Waals surface area contributed by atoms with Gasteiger partial charge < -0.3 is 20.7 Å². The van der Waals surface area contributed by atoms with Crippen LogP contribution >= 0.6 is 0 Å². The summed E-state index contributed by atoms with van der Waals surface area (Å²) in [7, 11) is 0. The van der Waals surface area contributed by atoms with Crippen LogP contribution in [0.5, 0.6) is 5.75 Å². The molecule has 0 saturated carbocycles. The molecule has 3 N–H and O–H groups in total. The Bertz CT molecular complexity index is 841. The van der Waals surface area contributed by atoms with E-state index in [0.29, 0.717) is 29.3 Å². The first-order chi connectivity index (χ1) is 13.3. The van der Waals surface area contributed by atoms with Gasteiger partial charge in [-0.15, -0.1) is 0 Å². The minimum absolute atomic E-state index is 0.0557. The highest BCUT2D eigenvalue weighted by Gasteiger charge is 2.15. The van der Waals surface area contributed by atoms with Gasteiger partial charge in [0.15, 0.2) is 0 Å². The topological polar surface area (TPSA) is 79.5 Å². The molecule has 2 amide bonds. The summed E-state index contributed by atoms with van der Waals surface area (Å²) in [6, 6.07) is 14.2. The molecule has 0 spiro atoms. The van der Waals surface area contributed by atoms with E-state index in [1.54, 1.807) is 36.4 Å². The van der Waals surface area contributed by atoms with Gasteiger partial charge in [0.1, 0.15) is 12.4 Å². The Morgan fingerprint density at radius 1 is 1.11 bits per heavy atom. The Morgan fingerprint density at radius 3 is 2.57 bits per heavy atom. The van der Waals surface area contributed by atoms with Crippen LogP contribution in [0.25, 0.3) is 0 Å². The molecule has 6 nitrogen and oxygen atoms in total. The average molecular weight is 381 g/mol. The van der Waals surface area contributed by atoms with Crippen LogP contribution in [-0.2, 0) is 4.79 Å². The van der Waals surface area contributed by atoms with Gasteiger partial charge in [-0.05, 0) is 51.1 Å². The zero-order chi connectivity index (χ0) is 20.6. The van der Waals surface area contributed by atoms with Crippen LogP contribution in [0.3, 0.4) is 0 Å². The molecule has 0 aliphatic rings. The third-order valence-corrected chi connectivity index (χ3v) is 3.58. The molecule has 0 fully saturated rings. The summed E-state index contributed by atoms with van der Waals surface area (Å²) >= 11 is 0. The monoisotopic (exact) mass is 381 g/mol. The van der Waals surface area contributed by atoms with Crippen LogP contribution < -0.4 is 20.7 Å². The number of nitrogens with one attached hydrogen (secondary N) is 3. The first kappa shape index (κ1) is 21.0. The van der Waals surface area contributed by atoms with Gasteiger partial charge in [-0.25, -0.2) is 0 Å². The second-order valence-electron chi connectivity index (χ2n) is 7.28. The first-order valence-electron chi connectivity index (χ1n) is 9.07. The zero-order valence-electron chi connectivity index (χ0n) is 16.5. The van der Waals surface area contributed by atoms with Crippen LogP contribution in [0, 0.1) is 0 Å². The Kier molecular flexibility index (Phi) is 7.21. The van der Waals surface area contributed by atoms with Gasteiger partial charge in [0, 0.05) is 16.8 Å². The van der Waals surface area contributed by atoms with E-state index in [9.17, 15) is 9.59 Å². The molecule has 6 heteroatoms. The van der Waals surface area contributed by atoms with E-state index in [-0.39, 0.29) is 23.9 Å². The number of carbonyl (C=O) groups is 2. The number of hydrogen-bond donors (Lipinski definition) is 3. The van der Waals surface area contributed by atoms with E-state index < -0.39 is 0 Å². The minimum atomic E-state index is -0.318. The summed E-state index contributed by atoms with van der Waals surface area (Å²) in [5, 5.41) is 8.77. The summed E-state index contributed by atoms with van der Waals surface area (Å²) in [6.07, 6.45) is 1.64. The van der Waals surface area contributed by atoms with Gasteiger partial charge >= 0.3 is 0 Å². The highest BCUT2D eigenvalue weighted by Crippen LogP contribution is 2.23. The molecular formula is C22H27N3O3. The lowest BCUT2D eigenvalue weighted by Crippen LogP contribution is -2.40. The Hall–Kier alpha value is -3.28. The smallest absolute Gasteiger partial charge is 0.251 e. The van der Waals surface area contributed by atoms with Crippen molar-refractivity contribution in [2.24, 2.45) is 0 Å². The summed E-state index contributed by atoms with van der Waals surface area (Å²) in [5.41, 5.74) is 1.49. The Morgan fingerprint density at radius 2 is 1.86 bits per heavy atom. The number of anilines is 2. The standard InChI is InChI=1S/C22H27N3O3/c1-5-13-28-19-12-7-6-11-18(19)24-20(26)15-23-17-10-8-9-16(14-17)21(27)25-22(2,3)4/h5-12,14,23H,1,13,15H2,2-4H3,(H,24,26)(H,25,27). The lowest BCUT2D eigenvalue weighted by Gasteiger charge is -2.20. The number of ether oxygens (including phenoxy) is 1. The van der Waals surface area contributed by atoms with E-state index in [4.69, 9.17) is 4.74 Å². The summed E-state index contributed by atoms with van der Waals surface area (Å²) < 4.78 is 5.53. The maximum atomic E-state index is 12.3. The molecule has 0 aliphatic heterocycles. The molecule has 0 bridgehead atoms. The fourth-order valence-electron chi connectivity index (χ4n) is 2.40. The van der Waals surface area contributed by atoms with Gasteiger partial charge in [-0.1, -0.05) is 30.9 Å². The van der Waals surface area contributed by atoms with Crippen LogP contribution in [-0.4, -0.2) is 30.5 Å². The minimum Gasteiger partial charge on any atom is -0.487 e. The molecule has 0 saturated heterocycles. The summed E-state index contributed by atoms with van der Waals surface area (Å²) in [6.45, 7) is 9.80. The van der Waals surface area contributed by atoms with Crippen molar-refractivity contribution < 1.29 is 14.3 Å². The first-order valence-corrected chi connectivity index (χ1v) is 9.07. The lowest BCUT2D eigenvalue weighted by atomic mass is 10.1. The van der Waals surface area contributed by atoms with Crippen molar-refractivity contribution in [2.75, 3.05) is 23.8 Å². The number of benzene rings is 2. The van der Waals surface area contributed by atoms with Gasteiger partial charge in [-0.3, -0.25) is 9.59 Å². The van der Waals surface area contributed by atoms with Gasteiger partial charge in [0.2, 0.25) is 5.91 Å². The van der Waals surface area contributed by atoms with E-state index in [1.165, 1.54) is 0 Å². The zero-order valence-corrected chi connectivity index (χ0v) is 16.5. The highest BCUT2D eigenvalue weighted by molar-refractivity contribution is 5.97. The quantitative estimate of drug-likeness (QED) is 0.607. The SMILES string of the molecule is C=CCOc1ccccc1NC(=O)CNc1cccc(C(=O)NC(C)(C)C)c1. The van der Waals surface area contributed by atoms with Crippen molar-refractivity contribution >= 4 is 23.2 Å². The van der Waals surface area contributed by atoms with Crippen molar-refractivity contribution in [1.82, 2.24) is 5.32 Å². The molecule has 0 atom stereocenters. The second-order valence-corrected chi connectivity index (χ2v) is 7.28. The van der Waals surface area contributed by atoms with Crippen LogP contribution in [0.4, 0.5) is 11.4 Å². The van der Waals surface area contributed by atoms with E-state index in [2.05, 4.69) is 22.5 Å². The molecule has 2 aromatic rings. The Labute approximate surface area is 166 Å². The van der Waals surface area contributed by atoms with Gasteiger partial charge in [0.25, 0.3) is 5.91 Å².